The summed E-state index contributed by atoms with van der Waals surface area (Å²) in [6.45, 7) is 4.28. The highest BCUT2D eigenvalue weighted by atomic mass is 16.2. The standard InChI is InChI=1S/C33H43N7O3/c1-21(26-20-35-27-10-3-2-9-25(26)27)30(31(41)36-19-23-8-6-7-22(17-23)18-34)38-32(42)39-15-13-24(14-16-39)40-29-12-5-4-11-28(29)37-33(40)43/h2-5,9-12,20-24,30,35H,6-8,13-19,34H2,1H3,(H,36,41)(H,37,43)(H,38,42)/t21-,22+,23-,30+/m0/s1. The van der Waals surface area contributed by atoms with Crippen molar-refractivity contribution in [2.24, 2.45) is 17.6 Å². The van der Waals surface area contributed by atoms with Gasteiger partial charge in [-0.05, 0) is 74.2 Å². The Morgan fingerprint density at radius 3 is 2.51 bits per heavy atom. The van der Waals surface area contributed by atoms with Crippen LogP contribution in [0.4, 0.5) is 4.79 Å². The smallest absolute Gasteiger partial charge is 0.326 e. The molecule has 1 aliphatic heterocycles. The van der Waals surface area contributed by atoms with Crippen molar-refractivity contribution in [3.05, 3.63) is 70.8 Å². The molecule has 2 aromatic carbocycles. The van der Waals surface area contributed by atoms with Gasteiger partial charge in [0.25, 0.3) is 0 Å². The van der Waals surface area contributed by atoms with Gasteiger partial charge in [-0.2, -0.15) is 0 Å². The maximum absolute atomic E-state index is 13.8. The lowest BCUT2D eigenvalue weighted by atomic mass is 9.81. The van der Waals surface area contributed by atoms with E-state index in [1.807, 2.05) is 66.2 Å². The molecule has 0 radical (unpaired) electrons. The van der Waals surface area contributed by atoms with Crippen LogP contribution in [0.3, 0.4) is 0 Å². The fourth-order valence-corrected chi connectivity index (χ4v) is 7.21. The SMILES string of the molecule is C[C@@H](c1c[nH]c2ccccc12)[C@@H](NC(=O)N1CCC(n2c(=O)[nH]c3ccccc32)CC1)C(=O)NC[C@H]1CCC[C@@H](CN)C1. The third-order valence-corrected chi connectivity index (χ3v) is 9.70. The van der Waals surface area contributed by atoms with E-state index in [4.69, 9.17) is 5.73 Å². The zero-order valence-electron chi connectivity index (χ0n) is 24.9. The number of amides is 3. The predicted molar refractivity (Wildman–Crippen MR) is 169 cm³/mol. The third-order valence-electron chi connectivity index (χ3n) is 9.70. The fourth-order valence-electron chi connectivity index (χ4n) is 7.21. The monoisotopic (exact) mass is 585 g/mol. The molecule has 0 unspecified atom stereocenters. The van der Waals surface area contributed by atoms with Gasteiger partial charge in [0.15, 0.2) is 0 Å². The minimum atomic E-state index is -0.741. The molecule has 4 atom stereocenters. The van der Waals surface area contributed by atoms with Gasteiger partial charge >= 0.3 is 11.7 Å². The first-order chi connectivity index (χ1) is 20.9. The molecule has 3 heterocycles. The summed E-state index contributed by atoms with van der Waals surface area (Å²) in [5, 5.41) is 7.33. The second-order valence-corrected chi connectivity index (χ2v) is 12.4. The Kier molecular flexibility index (Phi) is 8.56. The average Bonchev–Trinajstić information content (AvgIpc) is 3.62. The summed E-state index contributed by atoms with van der Waals surface area (Å²) in [7, 11) is 0. The first kappa shape index (κ1) is 29.0. The highest BCUT2D eigenvalue weighted by Crippen LogP contribution is 2.30. The van der Waals surface area contributed by atoms with E-state index in [1.165, 1.54) is 0 Å². The van der Waals surface area contributed by atoms with Crippen LogP contribution in [0.2, 0.25) is 0 Å². The Morgan fingerprint density at radius 2 is 1.72 bits per heavy atom. The van der Waals surface area contributed by atoms with Crippen molar-refractivity contribution in [1.82, 2.24) is 30.1 Å². The maximum atomic E-state index is 13.8. The Balaban J connectivity index is 1.15. The van der Waals surface area contributed by atoms with Crippen LogP contribution in [0.15, 0.2) is 59.5 Å². The summed E-state index contributed by atoms with van der Waals surface area (Å²) in [5.74, 6) is 0.490. The van der Waals surface area contributed by atoms with Gasteiger partial charge in [0.05, 0.1) is 11.0 Å². The highest BCUT2D eigenvalue weighted by Gasteiger charge is 2.33. The summed E-state index contributed by atoms with van der Waals surface area (Å²) in [6, 6.07) is 14.7. The van der Waals surface area contributed by atoms with E-state index in [0.717, 1.165) is 53.2 Å². The van der Waals surface area contributed by atoms with Gasteiger partial charge in [0.2, 0.25) is 5.91 Å². The molecular weight excluding hydrogens is 542 g/mol. The number of imidazole rings is 1. The summed E-state index contributed by atoms with van der Waals surface area (Å²) >= 11 is 0. The van der Waals surface area contributed by atoms with Crippen LogP contribution >= 0.6 is 0 Å². The van der Waals surface area contributed by atoms with Crippen molar-refractivity contribution in [2.45, 2.75) is 63.5 Å². The van der Waals surface area contributed by atoms with Crippen molar-refractivity contribution in [3.8, 4) is 0 Å². The van der Waals surface area contributed by atoms with Crippen LogP contribution in [0, 0.1) is 11.8 Å². The number of piperidine rings is 1. The number of fused-ring (bicyclic) bond motifs is 2. The molecule has 6 N–H and O–H groups in total. The van der Waals surface area contributed by atoms with Gasteiger partial charge in [-0.25, -0.2) is 9.59 Å². The normalized spacial score (nSPS) is 21.1. The molecule has 1 saturated carbocycles. The number of nitrogens with zero attached hydrogens (tertiary/aromatic N) is 2. The first-order valence-corrected chi connectivity index (χ1v) is 15.7. The molecule has 2 fully saturated rings. The molecule has 0 spiro atoms. The molecule has 1 saturated heterocycles. The number of urea groups is 1. The number of rotatable bonds is 8. The van der Waals surface area contributed by atoms with Crippen molar-refractivity contribution < 1.29 is 9.59 Å². The molecule has 228 valence electrons. The Labute approximate surface area is 251 Å². The van der Waals surface area contributed by atoms with Crippen LogP contribution in [0.25, 0.3) is 21.9 Å². The summed E-state index contributed by atoms with van der Waals surface area (Å²) in [6.07, 6.45) is 7.67. The number of hydrogen-bond acceptors (Lipinski definition) is 4. The summed E-state index contributed by atoms with van der Waals surface area (Å²) < 4.78 is 1.82. The van der Waals surface area contributed by atoms with Crippen LogP contribution in [0.1, 0.15) is 63.0 Å². The lowest BCUT2D eigenvalue weighted by Crippen LogP contribution is -2.55. The second-order valence-electron chi connectivity index (χ2n) is 12.4. The number of para-hydroxylation sites is 3. The van der Waals surface area contributed by atoms with Crippen molar-refractivity contribution in [2.75, 3.05) is 26.2 Å². The second kappa shape index (κ2) is 12.7. The van der Waals surface area contributed by atoms with E-state index < -0.39 is 6.04 Å². The molecule has 0 bridgehead atoms. The van der Waals surface area contributed by atoms with Gasteiger partial charge < -0.3 is 31.2 Å². The number of nitrogens with one attached hydrogen (secondary N) is 4. The number of benzene rings is 2. The molecule has 10 nitrogen and oxygen atoms in total. The molecule has 2 aromatic heterocycles. The van der Waals surface area contributed by atoms with E-state index in [0.29, 0.717) is 50.9 Å². The maximum Gasteiger partial charge on any atom is 0.326 e. The minimum absolute atomic E-state index is 0.00443. The molecule has 2 aliphatic rings. The zero-order chi connectivity index (χ0) is 29.9. The third kappa shape index (κ3) is 6.06. The molecule has 3 amide bonds. The molecule has 1 aliphatic carbocycles. The Morgan fingerprint density at radius 1 is 1.00 bits per heavy atom. The number of nitrogens with two attached hydrogens (primary N) is 1. The number of likely N-dealkylation sites (tertiary alicyclic amines) is 1. The quantitative estimate of drug-likeness (QED) is 0.211. The fraction of sp³-hybridized carbons (Fsp3) is 0.485. The summed E-state index contributed by atoms with van der Waals surface area (Å²) in [4.78, 5) is 48.2. The van der Waals surface area contributed by atoms with E-state index in [1.54, 1.807) is 4.90 Å². The number of carbonyl (C=O) groups excluding carboxylic acids is 2. The van der Waals surface area contributed by atoms with Crippen LogP contribution in [-0.2, 0) is 4.79 Å². The number of aromatic amines is 2. The zero-order valence-corrected chi connectivity index (χ0v) is 24.9. The van der Waals surface area contributed by atoms with Crippen LogP contribution in [0.5, 0.6) is 0 Å². The molecule has 6 rings (SSSR count). The van der Waals surface area contributed by atoms with Gasteiger partial charge in [-0.3, -0.25) is 9.36 Å². The first-order valence-electron chi connectivity index (χ1n) is 15.7. The van der Waals surface area contributed by atoms with E-state index in [2.05, 4.69) is 20.6 Å². The molecule has 4 aromatic rings. The average molecular weight is 586 g/mol. The predicted octanol–water partition coefficient (Wildman–Crippen LogP) is 4.21. The van der Waals surface area contributed by atoms with Gasteiger partial charge in [-0.15, -0.1) is 0 Å². The van der Waals surface area contributed by atoms with E-state index in [9.17, 15) is 14.4 Å². The van der Waals surface area contributed by atoms with E-state index >= 15 is 0 Å². The number of H-pyrrole nitrogens is 2. The topological polar surface area (TPSA) is 141 Å². The van der Waals surface area contributed by atoms with Crippen LogP contribution in [-0.4, -0.2) is 63.6 Å². The minimum Gasteiger partial charge on any atom is -0.361 e. The molecule has 10 heteroatoms. The number of carbonyl (C=O) groups is 2. The van der Waals surface area contributed by atoms with Crippen molar-refractivity contribution >= 4 is 33.9 Å². The van der Waals surface area contributed by atoms with Gasteiger partial charge in [0, 0.05) is 48.7 Å². The van der Waals surface area contributed by atoms with Crippen molar-refractivity contribution in [1.29, 1.82) is 0 Å². The van der Waals surface area contributed by atoms with Crippen LogP contribution < -0.4 is 22.1 Å². The Bertz CT molecular complexity index is 1630. The molecular formula is C33H43N7O3. The number of hydrogen-bond donors (Lipinski definition) is 5. The van der Waals surface area contributed by atoms with E-state index in [-0.39, 0.29) is 29.6 Å². The van der Waals surface area contributed by atoms with Gasteiger partial charge in [0.1, 0.15) is 6.04 Å². The summed E-state index contributed by atoms with van der Waals surface area (Å²) in [5.41, 5.74) is 9.52. The van der Waals surface area contributed by atoms with Gasteiger partial charge in [-0.1, -0.05) is 43.7 Å². The molecule has 43 heavy (non-hydrogen) atoms. The van der Waals surface area contributed by atoms with Crippen molar-refractivity contribution in [3.63, 3.8) is 0 Å². The highest BCUT2D eigenvalue weighted by molar-refractivity contribution is 5.90. The largest absolute Gasteiger partial charge is 0.361 e. The lowest BCUT2D eigenvalue weighted by Gasteiger charge is -2.34. The lowest BCUT2D eigenvalue weighted by molar-refractivity contribution is -0.123. The Hall–Kier alpha value is -4.05. The number of aromatic nitrogens is 3.